The molecular weight excluding hydrogens is 314 g/mol. The molecule has 0 saturated heterocycles. The fourth-order valence-electron chi connectivity index (χ4n) is 2.07. The Morgan fingerprint density at radius 1 is 1.13 bits per heavy atom. The molecule has 0 saturated carbocycles. The van der Waals surface area contributed by atoms with Crippen LogP contribution in [0.5, 0.6) is 0 Å². The van der Waals surface area contributed by atoms with Crippen LogP contribution in [0.15, 0.2) is 52.0 Å². The molecule has 2 aromatic rings. The van der Waals surface area contributed by atoms with Gasteiger partial charge < -0.3 is 4.42 Å². The molecule has 1 heterocycles. The van der Waals surface area contributed by atoms with E-state index in [0.29, 0.717) is 12.8 Å². The summed E-state index contributed by atoms with van der Waals surface area (Å²) in [6.07, 6.45) is 2.98. The molecule has 0 unspecified atom stereocenters. The normalized spacial score (nSPS) is 12.5. The molecule has 1 aromatic heterocycles. The molecule has 0 aliphatic heterocycles. The van der Waals surface area contributed by atoms with E-state index in [2.05, 4.69) is 25.7 Å². The summed E-state index contributed by atoms with van der Waals surface area (Å²) < 4.78 is 29.5. The molecule has 0 aliphatic rings. The summed E-state index contributed by atoms with van der Waals surface area (Å²) in [6.45, 7) is 6.52. The third-order valence-corrected chi connectivity index (χ3v) is 4.68. The van der Waals surface area contributed by atoms with Crippen LogP contribution in [0.1, 0.15) is 38.5 Å². The molecule has 0 spiro atoms. The van der Waals surface area contributed by atoms with Gasteiger partial charge in [-0.25, -0.2) is 8.42 Å². The number of furan rings is 1. The number of sulfonamides is 1. The lowest BCUT2D eigenvalue weighted by atomic mass is 9.87. The molecule has 0 amide bonds. The monoisotopic (exact) mass is 337 g/mol. The first kappa shape index (κ1) is 17.7. The lowest BCUT2D eigenvalue weighted by Crippen LogP contribution is -2.25. The van der Waals surface area contributed by atoms with Crippen LogP contribution in [0.4, 0.5) is 0 Å². The van der Waals surface area contributed by atoms with Crippen molar-refractivity contribution in [3.63, 3.8) is 0 Å². The van der Waals surface area contributed by atoms with E-state index in [1.165, 1.54) is 0 Å². The molecule has 2 rings (SSSR count). The maximum Gasteiger partial charge on any atom is 0.262 e. The van der Waals surface area contributed by atoms with Crippen molar-refractivity contribution in [2.45, 2.75) is 43.9 Å². The minimum Gasteiger partial charge on any atom is -0.469 e. The molecule has 126 valence electrons. The Kier molecular flexibility index (Phi) is 5.62. The summed E-state index contributed by atoms with van der Waals surface area (Å²) in [5.74, 6) is 0.856. The zero-order valence-electron chi connectivity index (χ0n) is 13.7. The Balaban J connectivity index is 1.84. The molecule has 0 bridgehead atoms. The van der Waals surface area contributed by atoms with Crippen LogP contribution in [0.3, 0.4) is 0 Å². The second-order valence-electron chi connectivity index (χ2n) is 6.39. The molecule has 1 aromatic carbocycles. The van der Waals surface area contributed by atoms with Gasteiger partial charge >= 0.3 is 0 Å². The summed E-state index contributed by atoms with van der Waals surface area (Å²) >= 11 is 0. The van der Waals surface area contributed by atoms with Gasteiger partial charge in [-0.05, 0) is 41.7 Å². The largest absolute Gasteiger partial charge is 0.469 e. The van der Waals surface area contributed by atoms with Crippen molar-refractivity contribution in [1.29, 1.82) is 0 Å². The lowest BCUT2D eigenvalue weighted by Gasteiger charge is -2.19. The van der Waals surface area contributed by atoms with Crippen LogP contribution < -0.4 is 4.89 Å². The Bertz CT molecular complexity index is 698. The van der Waals surface area contributed by atoms with Crippen molar-refractivity contribution in [3.8, 4) is 0 Å². The maximum absolute atomic E-state index is 12.1. The second kappa shape index (κ2) is 7.29. The fraction of sp³-hybridized carbons (Fsp3) is 0.412. The highest BCUT2D eigenvalue weighted by Crippen LogP contribution is 2.23. The smallest absolute Gasteiger partial charge is 0.262 e. The van der Waals surface area contributed by atoms with Crippen LogP contribution >= 0.6 is 0 Å². The average Bonchev–Trinajstić information content (AvgIpc) is 2.99. The third-order valence-electron chi connectivity index (χ3n) is 3.45. The molecule has 1 N–H and O–H groups in total. The molecule has 6 heteroatoms. The zero-order valence-corrected chi connectivity index (χ0v) is 14.5. The van der Waals surface area contributed by atoms with Crippen LogP contribution in [0, 0.1) is 0 Å². The van der Waals surface area contributed by atoms with E-state index in [4.69, 9.17) is 9.25 Å². The molecule has 0 radical (unpaired) electrons. The van der Waals surface area contributed by atoms with Crippen LogP contribution in [-0.4, -0.2) is 15.0 Å². The van der Waals surface area contributed by atoms with E-state index in [-0.39, 0.29) is 16.9 Å². The summed E-state index contributed by atoms with van der Waals surface area (Å²) in [7, 11) is -3.65. The van der Waals surface area contributed by atoms with Gasteiger partial charge in [0.2, 0.25) is 0 Å². The van der Waals surface area contributed by atoms with Gasteiger partial charge in [0.25, 0.3) is 10.0 Å². The van der Waals surface area contributed by atoms with Gasteiger partial charge in [0.05, 0.1) is 17.8 Å². The highest BCUT2D eigenvalue weighted by atomic mass is 32.2. The Morgan fingerprint density at radius 3 is 2.39 bits per heavy atom. The molecule has 5 nitrogen and oxygen atoms in total. The zero-order chi connectivity index (χ0) is 16.9. The molecular formula is C17H23NO4S. The molecule has 0 aliphatic carbocycles. The highest BCUT2D eigenvalue weighted by Gasteiger charge is 2.17. The van der Waals surface area contributed by atoms with Gasteiger partial charge in [0, 0.05) is 6.42 Å². The Morgan fingerprint density at radius 2 is 1.83 bits per heavy atom. The quantitative estimate of drug-likeness (QED) is 0.621. The van der Waals surface area contributed by atoms with Crippen LogP contribution in [0.2, 0.25) is 0 Å². The van der Waals surface area contributed by atoms with Crippen molar-refractivity contribution >= 4 is 10.0 Å². The van der Waals surface area contributed by atoms with Gasteiger partial charge in [-0.2, -0.15) is 0 Å². The molecule has 0 atom stereocenters. The number of hydrogen-bond acceptors (Lipinski definition) is 4. The first-order valence-electron chi connectivity index (χ1n) is 7.55. The van der Waals surface area contributed by atoms with E-state index in [0.717, 1.165) is 11.3 Å². The van der Waals surface area contributed by atoms with Crippen molar-refractivity contribution < 1.29 is 17.7 Å². The average molecular weight is 337 g/mol. The minimum atomic E-state index is -3.65. The molecule has 23 heavy (non-hydrogen) atoms. The predicted octanol–water partition coefficient (Wildman–Crippen LogP) is 3.42. The second-order valence-corrected chi connectivity index (χ2v) is 8.04. The lowest BCUT2D eigenvalue weighted by molar-refractivity contribution is 0.0905. The highest BCUT2D eigenvalue weighted by molar-refractivity contribution is 7.89. The third kappa shape index (κ3) is 5.20. The van der Waals surface area contributed by atoms with Crippen molar-refractivity contribution in [1.82, 2.24) is 4.89 Å². The number of hydrogen-bond donors (Lipinski definition) is 1. The van der Waals surface area contributed by atoms with Crippen LogP contribution in [-0.2, 0) is 26.7 Å². The number of rotatable bonds is 7. The summed E-state index contributed by atoms with van der Waals surface area (Å²) in [5, 5.41) is 0. The minimum absolute atomic E-state index is 0.0158. The Labute approximate surface area is 137 Å². The van der Waals surface area contributed by atoms with Gasteiger partial charge in [-0.3, -0.25) is 4.84 Å². The maximum atomic E-state index is 12.1. The summed E-state index contributed by atoms with van der Waals surface area (Å²) in [6, 6.07) is 10.5. The fourth-order valence-corrected chi connectivity index (χ4v) is 2.90. The van der Waals surface area contributed by atoms with Crippen LogP contribution in [0.25, 0.3) is 0 Å². The number of aryl methyl sites for hydroxylation is 1. The van der Waals surface area contributed by atoms with Gasteiger partial charge in [0.1, 0.15) is 5.76 Å². The number of nitrogens with one attached hydrogen (secondary N) is 1. The first-order valence-corrected chi connectivity index (χ1v) is 9.04. The van der Waals surface area contributed by atoms with Crippen molar-refractivity contribution in [2.24, 2.45) is 0 Å². The Hall–Kier alpha value is -1.63. The summed E-state index contributed by atoms with van der Waals surface area (Å²) in [4.78, 5) is 7.42. The van der Waals surface area contributed by atoms with E-state index in [9.17, 15) is 8.42 Å². The van der Waals surface area contributed by atoms with E-state index in [1.807, 2.05) is 24.3 Å². The molecule has 0 fully saturated rings. The predicted molar refractivity (Wildman–Crippen MR) is 88.4 cm³/mol. The van der Waals surface area contributed by atoms with Gasteiger partial charge in [-0.1, -0.05) is 37.8 Å². The van der Waals surface area contributed by atoms with Gasteiger partial charge in [0.15, 0.2) is 0 Å². The van der Waals surface area contributed by atoms with E-state index >= 15 is 0 Å². The standard InChI is InChI=1S/C17H23NO4S/c1-17(2,3)14-8-10-16(11-9-14)23(19,20)18-22-13-5-7-15-6-4-12-21-15/h4,6,8-12,18H,5,7,13H2,1-3H3. The first-order chi connectivity index (χ1) is 10.8. The summed E-state index contributed by atoms with van der Waals surface area (Å²) in [5.41, 5.74) is 1.06. The van der Waals surface area contributed by atoms with Crippen molar-refractivity contribution in [2.75, 3.05) is 6.61 Å². The SMILES string of the molecule is CC(C)(C)c1ccc(S(=O)(=O)NOCCCc2ccco2)cc1. The number of benzene rings is 1. The van der Waals surface area contributed by atoms with E-state index < -0.39 is 10.0 Å². The van der Waals surface area contributed by atoms with E-state index in [1.54, 1.807) is 18.4 Å². The van der Waals surface area contributed by atoms with Crippen molar-refractivity contribution in [3.05, 3.63) is 54.0 Å². The van der Waals surface area contributed by atoms with Gasteiger partial charge in [-0.15, -0.1) is 0 Å². The topological polar surface area (TPSA) is 68.5 Å².